The minimum Gasteiger partial charge on any atom is -0.482 e. The first-order chi connectivity index (χ1) is 13.6. The second kappa shape index (κ2) is 6.48. The van der Waals surface area contributed by atoms with Crippen molar-refractivity contribution in [2.24, 2.45) is 7.05 Å². The lowest BCUT2D eigenvalue weighted by molar-refractivity contribution is -0.00698. The van der Waals surface area contributed by atoms with Crippen LogP contribution in [0.3, 0.4) is 0 Å². The summed E-state index contributed by atoms with van der Waals surface area (Å²) in [6.07, 6.45) is 8.05. The van der Waals surface area contributed by atoms with E-state index in [2.05, 4.69) is 59.0 Å². The predicted octanol–water partition coefficient (Wildman–Crippen LogP) is 3.75. The van der Waals surface area contributed by atoms with Crippen LogP contribution in [-0.4, -0.2) is 37.6 Å². The smallest absolute Gasteiger partial charge is 0.140 e. The number of hydrogen-bond acceptors (Lipinski definition) is 4. The van der Waals surface area contributed by atoms with E-state index in [0.29, 0.717) is 6.04 Å². The molecule has 4 heterocycles. The predicted molar refractivity (Wildman–Crippen MR) is 108 cm³/mol. The van der Waals surface area contributed by atoms with Crippen LogP contribution in [0.5, 0.6) is 5.75 Å². The zero-order valence-electron chi connectivity index (χ0n) is 16.8. The molecule has 146 valence electrons. The highest BCUT2D eigenvalue weighted by atomic mass is 16.5. The number of rotatable bonds is 3. The molecule has 1 saturated heterocycles. The standard InChI is InChI=1S/C22H27N5O/c1-16(2)27-21-18-6-4-5-7-20(18)28-22(19(21)13-24-27)8-10-26(11-9-22)15-17-12-23-25(3)14-17/h4-7,12-14,16H,8-11,15H2,1-3H3. The van der Waals surface area contributed by atoms with E-state index in [1.54, 1.807) is 0 Å². The Hall–Kier alpha value is -2.60. The van der Waals surface area contributed by atoms with Crippen LogP contribution in [0.1, 0.15) is 43.9 Å². The van der Waals surface area contributed by atoms with Crippen LogP contribution in [0.15, 0.2) is 42.9 Å². The van der Waals surface area contributed by atoms with E-state index in [4.69, 9.17) is 9.84 Å². The lowest BCUT2D eigenvalue weighted by Gasteiger charge is -2.44. The number of benzene rings is 1. The van der Waals surface area contributed by atoms with Gasteiger partial charge >= 0.3 is 0 Å². The Labute approximate surface area is 165 Å². The third-order valence-corrected chi connectivity index (χ3v) is 6.05. The van der Waals surface area contributed by atoms with Gasteiger partial charge in [0.25, 0.3) is 0 Å². The van der Waals surface area contributed by atoms with Crippen molar-refractivity contribution >= 4 is 0 Å². The Bertz CT molecular complexity index is 994. The molecule has 0 radical (unpaired) electrons. The van der Waals surface area contributed by atoms with Crippen LogP contribution in [0.2, 0.25) is 0 Å². The minimum atomic E-state index is -0.276. The molecular formula is C22H27N5O. The van der Waals surface area contributed by atoms with Crippen LogP contribution < -0.4 is 4.74 Å². The van der Waals surface area contributed by atoms with Crippen molar-refractivity contribution in [3.8, 4) is 17.0 Å². The molecule has 2 aromatic heterocycles. The fourth-order valence-corrected chi connectivity index (χ4v) is 4.63. The quantitative estimate of drug-likeness (QED) is 0.697. The van der Waals surface area contributed by atoms with Crippen LogP contribution >= 0.6 is 0 Å². The number of fused-ring (bicyclic) bond motifs is 4. The maximum atomic E-state index is 6.69. The summed E-state index contributed by atoms with van der Waals surface area (Å²) in [5, 5.41) is 9.04. The number of aromatic nitrogens is 4. The Kier molecular flexibility index (Phi) is 4.05. The van der Waals surface area contributed by atoms with Crippen LogP contribution in [-0.2, 0) is 19.2 Å². The van der Waals surface area contributed by atoms with Gasteiger partial charge in [0.15, 0.2) is 0 Å². The third-order valence-electron chi connectivity index (χ3n) is 6.05. The van der Waals surface area contributed by atoms with Gasteiger partial charge in [-0.25, -0.2) is 0 Å². The van der Waals surface area contributed by atoms with Gasteiger partial charge in [-0.05, 0) is 26.0 Å². The molecule has 0 saturated carbocycles. The van der Waals surface area contributed by atoms with Gasteiger partial charge in [-0.2, -0.15) is 10.2 Å². The van der Waals surface area contributed by atoms with Crippen molar-refractivity contribution in [2.45, 2.75) is 44.9 Å². The number of likely N-dealkylation sites (tertiary alicyclic amines) is 1. The molecule has 28 heavy (non-hydrogen) atoms. The normalized spacial score (nSPS) is 18.1. The van der Waals surface area contributed by atoms with Gasteiger partial charge < -0.3 is 4.74 Å². The van der Waals surface area contributed by atoms with Crippen LogP contribution in [0.4, 0.5) is 0 Å². The number of ether oxygens (including phenoxy) is 1. The average Bonchev–Trinajstić information content (AvgIpc) is 3.31. The number of para-hydroxylation sites is 1. The second-order valence-electron chi connectivity index (χ2n) is 8.34. The summed E-state index contributed by atoms with van der Waals surface area (Å²) in [5.41, 5.74) is 4.63. The van der Waals surface area contributed by atoms with E-state index in [1.807, 2.05) is 24.1 Å². The van der Waals surface area contributed by atoms with Crippen molar-refractivity contribution in [3.63, 3.8) is 0 Å². The summed E-state index contributed by atoms with van der Waals surface area (Å²) in [6, 6.07) is 8.71. The molecule has 0 bridgehead atoms. The molecule has 6 heteroatoms. The Morgan fingerprint density at radius 1 is 1.11 bits per heavy atom. The summed E-state index contributed by atoms with van der Waals surface area (Å²) in [5.74, 6) is 0.984. The topological polar surface area (TPSA) is 48.1 Å². The van der Waals surface area contributed by atoms with Gasteiger partial charge in [0.2, 0.25) is 0 Å². The molecule has 6 nitrogen and oxygen atoms in total. The fourth-order valence-electron chi connectivity index (χ4n) is 4.63. The highest BCUT2D eigenvalue weighted by Gasteiger charge is 2.45. The van der Waals surface area contributed by atoms with E-state index < -0.39 is 0 Å². The van der Waals surface area contributed by atoms with E-state index in [-0.39, 0.29) is 5.60 Å². The molecule has 0 unspecified atom stereocenters. The van der Waals surface area contributed by atoms with Crippen molar-refractivity contribution < 1.29 is 4.74 Å². The van der Waals surface area contributed by atoms with E-state index in [0.717, 1.165) is 43.8 Å². The molecule has 1 fully saturated rings. The zero-order chi connectivity index (χ0) is 19.3. The maximum Gasteiger partial charge on any atom is 0.140 e. The van der Waals surface area contributed by atoms with Crippen molar-refractivity contribution in [1.82, 2.24) is 24.5 Å². The minimum absolute atomic E-state index is 0.276. The maximum absolute atomic E-state index is 6.69. The number of aryl methyl sites for hydroxylation is 1. The van der Waals surface area contributed by atoms with Gasteiger partial charge in [-0.1, -0.05) is 12.1 Å². The largest absolute Gasteiger partial charge is 0.482 e. The second-order valence-corrected chi connectivity index (χ2v) is 8.34. The van der Waals surface area contributed by atoms with Crippen LogP contribution in [0.25, 0.3) is 11.3 Å². The zero-order valence-corrected chi connectivity index (χ0v) is 16.8. The molecule has 1 aromatic carbocycles. The summed E-state index contributed by atoms with van der Waals surface area (Å²) in [4.78, 5) is 2.50. The number of hydrogen-bond donors (Lipinski definition) is 0. The molecule has 0 aliphatic carbocycles. The monoisotopic (exact) mass is 377 g/mol. The van der Waals surface area contributed by atoms with E-state index >= 15 is 0 Å². The molecule has 2 aliphatic heterocycles. The molecule has 0 N–H and O–H groups in total. The molecule has 2 aliphatic rings. The first-order valence-corrected chi connectivity index (χ1v) is 10.1. The number of nitrogens with zero attached hydrogens (tertiary/aromatic N) is 5. The van der Waals surface area contributed by atoms with E-state index in [9.17, 15) is 0 Å². The highest BCUT2D eigenvalue weighted by Crippen LogP contribution is 2.50. The lowest BCUT2D eigenvalue weighted by atomic mass is 9.81. The van der Waals surface area contributed by atoms with Crippen molar-refractivity contribution in [3.05, 3.63) is 54.0 Å². The van der Waals surface area contributed by atoms with Gasteiger partial charge in [-0.3, -0.25) is 14.3 Å². The fraction of sp³-hybridized carbons (Fsp3) is 0.455. The SMILES string of the molecule is CC(C)n1ncc2c1-c1ccccc1OC21CCN(Cc2cnn(C)c2)CC1. The third kappa shape index (κ3) is 2.75. The van der Waals surface area contributed by atoms with Crippen molar-refractivity contribution in [1.29, 1.82) is 0 Å². The van der Waals surface area contributed by atoms with Gasteiger partial charge in [0, 0.05) is 68.5 Å². The van der Waals surface area contributed by atoms with Gasteiger partial charge in [-0.15, -0.1) is 0 Å². The summed E-state index contributed by atoms with van der Waals surface area (Å²) in [7, 11) is 1.97. The molecule has 5 rings (SSSR count). The lowest BCUT2D eigenvalue weighted by Crippen LogP contribution is -2.47. The number of piperidine rings is 1. The molecular weight excluding hydrogens is 350 g/mol. The summed E-state index contributed by atoms with van der Waals surface area (Å²) >= 11 is 0. The Balaban J connectivity index is 1.45. The molecule has 1 spiro atoms. The molecule has 0 atom stereocenters. The molecule has 3 aromatic rings. The van der Waals surface area contributed by atoms with Gasteiger partial charge in [0.1, 0.15) is 11.4 Å². The first-order valence-electron chi connectivity index (χ1n) is 10.1. The molecule has 0 amide bonds. The Morgan fingerprint density at radius 2 is 1.89 bits per heavy atom. The summed E-state index contributed by atoms with van der Waals surface area (Å²) in [6.45, 7) is 7.33. The van der Waals surface area contributed by atoms with Crippen LogP contribution in [0, 0.1) is 0 Å². The first kappa shape index (κ1) is 17.5. The summed E-state index contributed by atoms with van der Waals surface area (Å²) < 4.78 is 10.7. The van der Waals surface area contributed by atoms with Crippen molar-refractivity contribution in [2.75, 3.05) is 13.1 Å². The highest BCUT2D eigenvalue weighted by molar-refractivity contribution is 5.73. The van der Waals surface area contributed by atoms with E-state index in [1.165, 1.54) is 16.8 Å². The van der Waals surface area contributed by atoms with Gasteiger partial charge in [0.05, 0.1) is 18.1 Å². The Morgan fingerprint density at radius 3 is 2.61 bits per heavy atom. The average molecular weight is 377 g/mol.